The Balaban J connectivity index is 1.84. The second-order valence-electron chi connectivity index (χ2n) is 10.6. The van der Waals surface area contributed by atoms with Crippen LogP contribution in [0.3, 0.4) is 0 Å². The molecule has 0 aliphatic carbocycles. The molecule has 3 rings (SSSR count). The van der Waals surface area contributed by atoms with Gasteiger partial charge in [0.2, 0.25) is 0 Å². The van der Waals surface area contributed by atoms with Crippen LogP contribution in [0.4, 0.5) is 0 Å². The van der Waals surface area contributed by atoms with Crippen LogP contribution in [0, 0.1) is 6.92 Å². The van der Waals surface area contributed by atoms with E-state index in [9.17, 15) is 4.79 Å². The number of nitrogens with zero attached hydrogens (tertiary/aromatic N) is 1. The maximum atomic E-state index is 14.1. The van der Waals surface area contributed by atoms with Gasteiger partial charge in [-0.2, -0.15) is 0 Å². The Labute approximate surface area is 235 Å². The summed E-state index contributed by atoms with van der Waals surface area (Å²) in [5, 5.41) is 0.699. The first-order valence-electron chi connectivity index (χ1n) is 14.6. The summed E-state index contributed by atoms with van der Waals surface area (Å²) in [7, 11) is 0. The highest BCUT2D eigenvalue weighted by Gasteiger charge is 2.27. The van der Waals surface area contributed by atoms with Crippen LogP contribution in [0.5, 0.6) is 5.75 Å². The van der Waals surface area contributed by atoms with Crippen molar-refractivity contribution in [2.45, 2.75) is 85.5 Å². The number of hydrogen-bond acceptors (Lipinski definition) is 3. The topological polar surface area (TPSA) is 29.5 Å². The Hall–Kier alpha value is -2.36. The van der Waals surface area contributed by atoms with Crippen LogP contribution in [0.25, 0.3) is 11.6 Å². The van der Waals surface area contributed by atoms with Gasteiger partial charge >= 0.3 is 0 Å². The minimum Gasteiger partial charge on any atom is -0.489 e. The van der Waals surface area contributed by atoms with Crippen molar-refractivity contribution < 1.29 is 9.53 Å². The molecule has 1 heterocycles. The summed E-state index contributed by atoms with van der Waals surface area (Å²) in [5.74, 6) is 0.790. The molecule has 0 saturated carbocycles. The molecule has 0 aromatic heterocycles. The fraction of sp³-hybridized carbons (Fsp3) is 0.500. The van der Waals surface area contributed by atoms with E-state index >= 15 is 0 Å². The first-order chi connectivity index (χ1) is 18.4. The molecular weight excluding hydrogens is 490 g/mol. The Morgan fingerprint density at radius 3 is 2.29 bits per heavy atom. The summed E-state index contributed by atoms with van der Waals surface area (Å²) in [6, 6.07) is 9.86. The second kappa shape index (κ2) is 15.3. The van der Waals surface area contributed by atoms with Crippen LogP contribution in [-0.4, -0.2) is 36.9 Å². The van der Waals surface area contributed by atoms with E-state index in [1.807, 2.05) is 36.4 Å². The van der Waals surface area contributed by atoms with E-state index in [-0.39, 0.29) is 5.78 Å². The molecule has 0 unspecified atom stereocenters. The minimum absolute atomic E-state index is 0.0312. The summed E-state index contributed by atoms with van der Waals surface area (Å²) >= 11 is 6.85. The molecule has 0 spiro atoms. The van der Waals surface area contributed by atoms with Crippen molar-refractivity contribution in [2.24, 2.45) is 0 Å². The molecule has 0 bridgehead atoms. The predicted octanol–water partition coefficient (Wildman–Crippen LogP) is 9.35. The van der Waals surface area contributed by atoms with Crippen LogP contribution in [0.15, 0.2) is 42.5 Å². The molecule has 0 atom stereocenters. The third-order valence-electron chi connectivity index (χ3n) is 7.56. The number of unbranched alkanes of at least 4 members (excludes halogenated alkanes) is 3. The lowest BCUT2D eigenvalue weighted by Crippen LogP contribution is -2.27. The quantitative estimate of drug-likeness (QED) is 0.200. The third kappa shape index (κ3) is 7.83. The number of allylic oxidation sites excluding steroid dienone is 1. The minimum atomic E-state index is 0.0312. The monoisotopic (exact) mass is 535 g/mol. The molecule has 206 valence electrons. The zero-order valence-corrected chi connectivity index (χ0v) is 24.8. The van der Waals surface area contributed by atoms with Crippen molar-refractivity contribution in [3.8, 4) is 5.75 Å². The Kier molecular flexibility index (Phi) is 12.1. The van der Waals surface area contributed by atoms with E-state index < -0.39 is 0 Å². The van der Waals surface area contributed by atoms with Crippen LogP contribution in [0.2, 0.25) is 5.02 Å². The molecule has 3 nitrogen and oxygen atoms in total. The van der Waals surface area contributed by atoms with Gasteiger partial charge in [0.1, 0.15) is 12.4 Å². The van der Waals surface area contributed by atoms with Crippen molar-refractivity contribution in [2.75, 3.05) is 26.2 Å². The normalized spacial score (nSPS) is 13.0. The number of carbonyl (C=O) groups is 1. The van der Waals surface area contributed by atoms with Gasteiger partial charge in [-0.3, -0.25) is 4.79 Å². The Morgan fingerprint density at radius 2 is 1.66 bits per heavy atom. The molecule has 2 aromatic rings. The van der Waals surface area contributed by atoms with E-state index in [4.69, 9.17) is 16.3 Å². The number of rotatable bonds is 16. The standard InChI is InChI=1S/C34H46ClNO2/c1-6-10-14-27-24-38-32-17-16-26(9-4)22-30(32)33(27)34(37)28-21-25(5)29(31(35)23-28)15-13-20-36(18-11-7-2)19-12-8-3/h9,16-17,21-23H,4,6-8,10-15,18-20,24H2,1-3,5H3. The number of ether oxygens (including phenoxy) is 1. The number of ketones is 1. The van der Waals surface area contributed by atoms with E-state index in [2.05, 4.69) is 39.2 Å². The summed E-state index contributed by atoms with van der Waals surface area (Å²) in [6.45, 7) is 16.6. The number of Topliss-reactive ketones (excluding diaryl/α,β-unsaturated/α-hetero) is 1. The highest BCUT2D eigenvalue weighted by molar-refractivity contribution is 6.34. The molecule has 0 N–H and O–H groups in total. The van der Waals surface area contributed by atoms with E-state index in [1.54, 1.807) is 0 Å². The van der Waals surface area contributed by atoms with E-state index in [0.717, 1.165) is 77.8 Å². The number of benzene rings is 2. The van der Waals surface area contributed by atoms with Crippen molar-refractivity contribution in [1.82, 2.24) is 4.90 Å². The van der Waals surface area contributed by atoms with Gasteiger partial charge in [0.25, 0.3) is 0 Å². The lowest BCUT2D eigenvalue weighted by atomic mass is 9.86. The van der Waals surface area contributed by atoms with Gasteiger partial charge in [0, 0.05) is 21.7 Å². The van der Waals surface area contributed by atoms with Gasteiger partial charge in [-0.15, -0.1) is 0 Å². The molecule has 0 amide bonds. The highest BCUT2D eigenvalue weighted by Crippen LogP contribution is 2.38. The zero-order chi connectivity index (χ0) is 27.5. The fourth-order valence-corrected chi connectivity index (χ4v) is 5.60. The van der Waals surface area contributed by atoms with Gasteiger partial charge in [-0.05, 0) is 112 Å². The number of hydrogen-bond donors (Lipinski definition) is 0. The van der Waals surface area contributed by atoms with Gasteiger partial charge in [0.05, 0.1) is 0 Å². The van der Waals surface area contributed by atoms with E-state index in [0.29, 0.717) is 17.2 Å². The summed E-state index contributed by atoms with van der Waals surface area (Å²) in [6.07, 6.45) is 11.7. The maximum Gasteiger partial charge on any atom is 0.193 e. The fourth-order valence-electron chi connectivity index (χ4n) is 5.24. The van der Waals surface area contributed by atoms with Gasteiger partial charge in [-0.1, -0.05) is 70.4 Å². The molecule has 0 radical (unpaired) electrons. The molecule has 0 fully saturated rings. The average molecular weight is 536 g/mol. The summed E-state index contributed by atoms with van der Waals surface area (Å²) in [4.78, 5) is 16.6. The maximum absolute atomic E-state index is 14.1. The van der Waals surface area contributed by atoms with Crippen LogP contribution < -0.4 is 4.74 Å². The Morgan fingerprint density at radius 1 is 0.974 bits per heavy atom. The highest BCUT2D eigenvalue weighted by atomic mass is 35.5. The summed E-state index contributed by atoms with van der Waals surface area (Å²) < 4.78 is 6.05. The second-order valence-corrected chi connectivity index (χ2v) is 11.0. The first kappa shape index (κ1) is 30.2. The first-order valence-corrected chi connectivity index (χ1v) is 15.0. The van der Waals surface area contributed by atoms with Crippen molar-refractivity contribution in [1.29, 1.82) is 0 Å². The largest absolute Gasteiger partial charge is 0.489 e. The number of fused-ring (bicyclic) bond motifs is 1. The number of aryl methyl sites for hydroxylation is 1. The molecule has 2 aromatic carbocycles. The molecular formula is C34H46ClNO2. The van der Waals surface area contributed by atoms with Crippen LogP contribution >= 0.6 is 11.6 Å². The van der Waals surface area contributed by atoms with Crippen molar-refractivity contribution in [3.05, 3.63) is 75.3 Å². The van der Waals surface area contributed by atoms with Crippen molar-refractivity contribution >= 4 is 29.0 Å². The smallest absolute Gasteiger partial charge is 0.193 e. The molecule has 1 aliphatic rings. The Bertz CT molecular complexity index is 1100. The molecule has 38 heavy (non-hydrogen) atoms. The van der Waals surface area contributed by atoms with Crippen LogP contribution in [-0.2, 0) is 6.42 Å². The lowest BCUT2D eigenvalue weighted by molar-refractivity contribution is 0.105. The third-order valence-corrected chi connectivity index (χ3v) is 7.90. The molecule has 4 heteroatoms. The van der Waals surface area contributed by atoms with Crippen molar-refractivity contribution in [3.63, 3.8) is 0 Å². The van der Waals surface area contributed by atoms with Gasteiger partial charge < -0.3 is 9.64 Å². The number of halogens is 1. The SMILES string of the molecule is C=Cc1ccc2c(c1)C(C(=O)c1cc(C)c(CCCN(CCCC)CCCC)c(Cl)c1)=C(CCCC)CO2. The van der Waals surface area contributed by atoms with E-state index in [1.165, 1.54) is 38.8 Å². The predicted molar refractivity (Wildman–Crippen MR) is 164 cm³/mol. The number of carbonyl (C=O) groups excluding carboxylic acids is 1. The average Bonchev–Trinajstić information content (AvgIpc) is 2.93. The van der Waals surface area contributed by atoms with Crippen LogP contribution in [0.1, 0.15) is 105 Å². The molecule has 0 saturated heterocycles. The van der Waals surface area contributed by atoms with Gasteiger partial charge in [0.15, 0.2) is 5.78 Å². The molecule has 1 aliphatic heterocycles. The van der Waals surface area contributed by atoms with Gasteiger partial charge in [-0.25, -0.2) is 0 Å². The summed E-state index contributed by atoms with van der Waals surface area (Å²) in [5.41, 5.74) is 6.60. The zero-order valence-electron chi connectivity index (χ0n) is 24.0. The lowest BCUT2D eigenvalue weighted by Gasteiger charge is -2.25.